The number of unbranched alkanes of at least 4 members (excludes halogenated alkanes) is 2. The van der Waals surface area contributed by atoms with Crippen LogP contribution in [0.5, 0.6) is 11.5 Å². The number of methoxy groups -OCH3 is 2. The van der Waals surface area contributed by atoms with Crippen LogP contribution in [-0.4, -0.2) is 32.6 Å². The van der Waals surface area contributed by atoms with Crippen molar-refractivity contribution in [3.05, 3.63) is 23.8 Å². The molecular formula is C17H24O5. The van der Waals surface area contributed by atoms with Gasteiger partial charge in [-0.1, -0.05) is 6.42 Å². The van der Waals surface area contributed by atoms with Gasteiger partial charge >= 0.3 is 5.97 Å². The number of benzene rings is 1. The predicted molar refractivity (Wildman–Crippen MR) is 83.6 cm³/mol. The van der Waals surface area contributed by atoms with E-state index in [2.05, 4.69) is 0 Å². The van der Waals surface area contributed by atoms with Crippen LogP contribution in [0.4, 0.5) is 0 Å². The topological polar surface area (TPSA) is 61.8 Å². The molecule has 0 fully saturated rings. The first kappa shape index (κ1) is 18.0. The summed E-state index contributed by atoms with van der Waals surface area (Å²) in [4.78, 5) is 23.5. The number of rotatable bonds is 10. The second-order valence-corrected chi connectivity index (χ2v) is 4.86. The van der Waals surface area contributed by atoms with Crippen LogP contribution < -0.4 is 9.47 Å². The number of hydrogen-bond donors (Lipinski definition) is 0. The molecule has 0 saturated heterocycles. The monoisotopic (exact) mass is 308 g/mol. The highest BCUT2D eigenvalue weighted by atomic mass is 16.5. The maximum atomic E-state index is 12.3. The van der Waals surface area contributed by atoms with Crippen molar-refractivity contribution in [1.82, 2.24) is 0 Å². The Balaban J connectivity index is 2.43. The fraction of sp³-hybridized carbons (Fsp3) is 0.529. The third-order valence-corrected chi connectivity index (χ3v) is 3.30. The quantitative estimate of drug-likeness (QED) is 0.376. The van der Waals surface area contributed by atoms with E-state index in [0.717, 1.165) is 19.3 Å². The van der Waals surface area contributed by atoms with Crippen LogP contribution >= 0.6 is 0 Å². The Labute approximate surface area is 131 Å². The molecule has 0 aliphatic carbocycles. The zero-order valence-electron chi connectivity index (χ0n) is 13.5. The van der Waals surface area contributed by atoms with Crippen LogP contribution in [0, 0.1) is 0 Å². The summed E-state index contributed by atoms with van der Waals surface area (Å²) in [5, 5.41) is 0. The highest BCUT2D eigenvalue weighted by molar-refractivity contribution is 5.99. The number of Topliss-reactive ketones (excluding diaryl/α,β-unsaturated/α-hetero) is 1. The van der Waals surface area contributed by atoms with E-state index in [1.165, 1.54) is 7.11 Å². The molecule has 0 spiro atoms. The Kier molecular flexibility index (Phi) is 8.04. The van der Waals surface area contributed by atoms with Crippen molar-refractivity contribution in [2.24, 2.45) is 0 Å². The maximum absolute atomic E-state index is 12.3. The molecule has 1 aromatic rings. The van der Waals surface area contributed by atoms with Crippen LogP contribution in [0.1, 0.15) is 49.4 Å². The number of carbonyl (C=O) groups is 2. The molecule has 0 N–H and O–H groups in total. The standard InChI is InChI=1S/C17H24O5/c1-4-22-17(19)9-7-5-6-8-15(18)14-12-13(20-2)10-11-16(14)21-3/h10-12H,4-9H2,1-3H3. The van der Waals surface area contributed by atoms with E-state index in [-0.39, 0.29) is 11.8 Å². The molecule has 0 heterocycles. The van der Waals surface area contributed by atoms with E-state index in [1.807, 2.05) is 0 Å². The summed E-state index contributed by atoms with van der Waals surface area (Å²) in [5.41, 5.74) is 0.534. The second kappa shape index (κ2) is 9.82. The van der Waals surface area contributed by atoms with Crippen LogP contribution in [0.2, 0.25) is 0 Å². The SMILES string of the molecule is CCOC(=O)CCCCCC(=O)c1cc(OC)ccc1OC. The lowest BCUT2D eigenvalue weighted by Gasteiger charge is -2.09. The normalized spacial score (nSPS) is 10.1. The molecular weight excluding hydrogens is 284 g/mol. The summed E-state index contributed by atoms with van der Waals surface area (Å²) >= 11 is 0. The summed E-state index contributed by atoms with van der Waals surface area (Å²) in [7, 11) is 3.10. The van der Waals surface area contributed by atoms with Crippen LogP contribution in [0.3, 0.4) is 0 Å². The second-order valence-electron chi connectivity index (χ2n) is 4.86. The zero-order valence-corrected chi connectivity index (χ0v) is 13.5. The van der Waals surface area contributed by atoms with Gasteiger partial charge in [-0.15, -0.1) is 0 Å². The van der Waals surface area contributed by atoms with Gasteiger partial charge in [-0.25, -0.2) is 0 Å². The van der Waals surface area contributed by atoms with Crippen molar-refractivity contribution < 1.29 is 23.8 Å². The lowest BCUT2D eigenvalue weighted by Crippen LogP contribution is -2.04. The average molecular weight is 308 g/mol. The summed E-state index contributed by atoms with van der Waals surface area (Å²) < 4.78 is 15.2. The third kappa shape index (κ3) is 5.76. The molecule has 1 aromatic carbocycles. The molecule has 0 saturated carbocycles. The molecule has 0 aliphatic rings. The largest absolute Gasteiger partial charge is 0.497 e. The number of hydrogen-bond acceptors (Lipinski definition) is 5. The van der Waals surface area contributed by atoms with Crippen molar-refractivity contribution in [2.75, 3.05) is 20.8 Å². The molecule has 0 atom stereocenters. The molecule has 1 rings (SSSR count). The maximum Gasteiger partial charge on any atom is 0.305 e. The summed E-state index contributed by atoms with van der Waals surface area (Å²) in [6.07, 6.45) is 3.12. The van der Waals surface area contributed by atoms with Gasteiger partial charge in [0.1, 0.15) is 11.5 Å². The van der Waals surface area contributed by atoms with Gasteiger partial charge in [-0.2, -0.15) is 0 Å². The van der Waals surface area contributed by atoms with Gasteiger partial charge in [-0.05, 0) is 38.0 Å². The molecule has 0 amide bonds. The van der Waals surface area contributed by atoms with Gasteiger partial charge in [0.15, 0.2) is 5.78 Å². The fourth-order valence-electron chi connectivity index (χ4n) is 2.13. The Morgan fingerprint density at radius 1 is 1.00 bits per heavy atom. The van der Waals surface area contributed by atoms with Crippen molar-refractivity contribution in [2.45, 2.75) is 39.0 Å². The van der Waals surface area contributed by atoms with Gasteiger partial charge in [0, 0.05) is 12.8 Å². The minimum absolute atomic E-state index is 0.0203. The van der Waals surface area contributed by atoms with E-state index in [9.17, 15) is 9.59 Å². The van der Waals surface area contributed by atoms with E-state index in [0.29, 0.717) is 36.5 Å². The molecule has 0 bridgehead atoms. The van der Waals surface area contributed by atoms with E-state index in [4.69, 9.17) is 14.2 Å². The van der Waals surface area contributed by atoms with Crippen LogP contribution in [0.25, 0.3) is 0 Å². The van der Waals surface area contributed by atoms with Crippen molar-refractivity contribution in [1.29, 1.82) is 0 Å². The van der Waals surface area contributed by atoms with Crippen LogP contribution in [0.15, 0.2) is 18.2 Å². The Morgan fingerprint density at radius 3 is 2.36 bits per heavy atom. The molecule has 0 radical (unpaired) electrons. The number of ether oxygens (including phenoxy) is 3. The number of ketones is 1. The van der Waals surface area contributed by atoms with E-state index in [1.54, 1.807) is 32.2 Å². The van der Waals surface area contributed by atoms with Gasteiger partial charge in [0.05, 0.1) is 26.4 Å². The molecule has 22 heavy (non-hydrogen) atoms. The Hall–Kier alpha value is -2.04. The van der Waals surface area contributed by atoms with Gasteiger partial charge in [-0.3, -0.25) is 9.59 Å². The minimum Gasteiger partial charge on any atom is -0.497 e. The first-order valence-corrected chi connectivity index (χ1v) is 7.53. The van der Waals surface area contributed by atoms with E-state index < -0.39 is 0 Å². The van der Waals surface area contributed by atoms with Crippen molar-refractivity contribution >= 4 is 11.8 Å². The highest BCUT2D eigenvalue weighted by Gasteiger charge is 2.13. The average Bonchev–Trinajstić information content (AvgIpc) is 2.53. The van der Waals surface area contributed by atoms with Crippen molar-refractivity contribution in [3.8, 4) is 11.5 Å². The first-order chi connectivity index (χ1) is 10.6. The molecule has 5 nitrogen and oxygen atoms in total. The molecule has 0 aliphatic heterocycles. The third-order valence-electron chi connectivity index (χ3n) is 3.30. The lowest BCUT2D eigenvalue weighted by molar-refractivity contribution is -0.143. The van der Waals surface area contributed by atoms with E-state index >= 15 is 0 Å². The minimum atomic E-state index is -0.178. The molecule has 122 valence electrons. The van der Waals surface area contributed by atoms with Crippen LogP contribution in [-0.2, 0) is 9.53 Å². The Morgan fingerprint density at radius 2 is 1.73 bits per heavy atom. The summed E-state index contributed by atoms with van der Waals surface area (Å²) in [5.74, 6) is 1.03. The first-order valence-electron chi connectivity index (χ1n) is 7.53. The number of esters is 1. The predicted octanol–water partition coefficient (Wildman–Crippen LogP) is 3.40. The smallest absolute Gasteiger partial charge is 0.305 e. The van der Waals surface area contributed by atoms with Gasteiger partial charge < -0.3 is 14.2 Å². The fourth-order valence-corrected chi connectivity index (χ4v) is 2.13. The highest BCUT2D eigenvalue weighted by Crippen LogP contribution is 2.25. The zero-order chi connectivity index (χ0) is 16.4. The number of carbonyl (C=O) groups excluding carboxylic acids is 2. The summed E-state index contributed by atoms with van der Waals surface area (Å²) in [6.45, 7) is 2.20. The molecule has 5 heteroatoms. The van der Waals surface area contributed by atoms with Gasteiger partial charge in [0.2, 0.25) is 0 Å². The van der Waals surface area contributed by atoms with Crippen molar-refractivity contribution in [3.63, 3.8) is 0 Å². The van der Waals surface area contributed by atoms with Gasteiger partial charge in [0.25, 0.3) is 0 Å². The molecule has 0 unspecified atom stereocenters. The lowest BCUT2D eigenvalue weighted by atomic mass is 10.0. The summed E-state index contributed by atoms with van der Waals surface area (Å²) in [6, 6.07) is 5.18. The Bertz CT molecular complexity index is 496. The molecule has 0 aromatic heterocycles.